The first kappa shape index (κ1) is 37.1. The number of carboxylic acid groups (broad SMARTS) is 1. The second-order valence-corrected chi connectivity index (χ2v) is 12.6. The quantitative estimate of drug-likeness (QED) is 0.157. The molecule has 0 aliphatic carbocycles. The zero-order chi connectivity index (χ0) is 34.3. The smallest absolute Gasteiger partial charge is 0.330 e. The van der Waals surface area contributed by atoms with Crippen molar-refractivity contribution in [3.05, 3.63) is 60.8 Å². The fraction of sp³-hybridized carbons (Fsp3) is 0.636. The van der Waals surface area contributed by atoms with E-state index in [1.807, 2.05) is 6.08 Å². The number of fused-ring (bicyclic) bond motifs is 3. The number of carbonyl (C=O) groups excluding carboxylic acids is 1. The lowest BCUT2D eigenvalue weighted by atomic mass is 9.83. The third-order valence-electron chi connectivity index (χ3n) is 8.58. The molecule has 0 aromatic rings. The van der Waals surface area contributed by atoms with Crippen LogP contribution < -0.4 is 5.73 Å². The van der Waals surface area contributed by atoms with Gasteiger partial charge in [-0.1, -0.05) is 48.6 Å². The predicted octanol–water partition coefficient (Wildman–Crippen LogP) is 0.120. The molecule has 2 bridgehead atoms. The van der Waals surface area contributed by atoms with Gasteiger partial charge in [0.1, 0.15) is 24.2 Å². The van der Waals surface area contributed by atoms with Gasteiger partial charge in [-0.15, -0.1) is 0 Å². The van der Waals surface area contributed by atoms with E-state index >= 15 is 0 Å². The number of esters is 1. The molecular formula is C33H47NO13. The Kier molecular flexibility index (Phi) is 13.1. The summed E-state index contributed by atoms with van der Waals surface area (Å²) in [7, 11) is 0. The summed E-state index contributed by atoms with van der Waals surface area (Å²) in [5.41, 5.74) is 5.98. The molecule has 14 heteroatoms. The fourth-order valence-corrected chi connectivity index (χ4v) is 6.00. The molecule has 14 atom stereocenters. The van der Waals surface area contributed by atoms with Crippen molar-refractivity contribution in [1.29, 1.82) is 0 Å². The minimum atomic E-state index is -2.10. The Bertz CT molecular complexity index is 1220. The number of rotatable bonds is 3. The Balaban J connectivity index is 1.58. The van der Waals surface area contributed by atoms with Gasteiger partial charge in [0.05, 0.1) is 48.8 Å². The van der Waals surface area contributed by atoms with Crippen molar-refractivity contribution in [2.24, 2.45) is 11.7 Å². The number of nitrogens with two attached hydrogens (primary N) is 1. The maximum Gasteiger partial charge on any atom is 0.330 e. The monoisotopic (exact) mass is 665 g/mol. The SMILES string of the molecule is CC1C/C=C/C=C\C=C\C=C\C(OC2OC(C)C(O)C(N)C2O)CC2OC(O)(CC(O)CC3OC3/C=C/C(=O)O1)CC(O)C2C(=O)O. The Morgan fingerprint density at radius 1 is 0.936 bits per heavy atom. The van der Waals surface area contributed by atoms with Gasteiger partial charge in [0.15, 0.2) is 12.1 Å². The van der Waals surface area contributed by atoms with E-state index in [0.29, 0.717) is 6.42 Å². The number of carbonyl (C=O) groups is 2. The zero-order valence-corrected chi connectivity index (χ0v) is 26.4. The number of aliphatic hydroxyl groups excluding tert-OH is 4. The van der Waals surface area contributed by atoms with Crippen molar-refractivity contribution in [2.75, 3.05) is 0 Å². The number of epoxide rings is 1. The highest BCUT2D eigenvalue weighted by molar-refractivity contribution is 5.82. The Hall–Kier alpha value is -2.76. The molecule has 47 heavy (non-hydrogen) atoms. The second kappa shape index (κ2) is 16.6. The molecule has 0 spiro atoms. The molecule has 4 heterocycles. The van der Waals surface area contributed by atoms with Gasteiger partial charge in [-0.2, -0.15) is 0 Å². The van der Waals surface area contributed by atoms with E-state index in [1.54, 1.807) is 56.4 Å². The summed E-state index contributed by atoms with van der Waals surface area (Å²) in [4.78, 5) is 24.4. The van der Waals surface area contributed by atoms with Crippen LogP contribution in [0.1, 0.15) is 46.0 Å². The summed E-state index contributed by atoms with van der Waals surface area (Å²) in [5.74, 6) is -5.45. The topological polar surface area (TPSA) is 231 Å². The Morgan fingerprint density at radius 2 is 1.64 bits per heavy atom. The van der Waals surface area contributed by atoms with Gasteiger partial charge in [-0.25, -0.2) is 4.79 Å². The Labute approximate surface area is 273 Å². The van der Waals surface area contributed by atoms with E-state index in [0.717, 1.165) is 0 Å². The zero-order valence-electron chi connectivity index (χ0n) is 26.4. The van der Waals surface area contributed by atoms with Crippen LogP contribution in [-0.2, 0) is 33.3 Å². The molecule has 14 nitrogen and oxygen atoms in total. The van der Waals surface area contributed by atoms with Crippen LogP contribution in [0, 0.1) is 5.92 Å². The molecule has 4 aliphatic rings. The van der Waals surface area contributed by atoms with Gasteiger partial charge in [0.25, 0.3) is 0 Å². The number of ether oxygens (including phenoxy) is 5. The lowest BCUT2D eigenvalue weighted by Gasteiger charge is -2.45. The van der Waals surface area contributed by atoms with Crippen molar-refractivity contribution < 1.29 is 63.9 Å². The number of cyclic esters (lactones) is 1. The number of aliphatic hydroxyl groups is 5. The van der Waals surface area contributed by atoms with Crippen LogP contribution in [0.5, 0.6) is 0 Å². The number of hydrogen-bond acceptors (Lipinski definition) is 13. The van der Waals surface area contributed by atoms with Gasteiger partial charge in [-0.3, -0.25) is 4.79 Å². The minimum absolute atomic E-state index is 0.0789. The molecule has 0 saturated carbocycles. The van der Waals surface area contributed by atoms with Gasteiger partial charge < -0.3 is 60.1 Å². The standard InChI is InChI=1S/C33H47NO13/c1-18-10-8-6-4-3-5-7-9-11-21(45-32-30(39)28(34)29(38)19(2)44-32)15-25-27(31(40)41)22(36)17-33(42,47-25)16-20(35)14-24-23(46-24)12-13-26(37)43-18/h3-9,11-13,18-25,27-30,32,35-36,38-39,42H,10,14-17,34H2,1-2H3,(H,40,41)/b4-3-,7-5+,8-6+,11-9+,13-12+. The van der Waals surface area contributed by atoms with Gasteiger partial charge in [0.2, 0.25) is 0 Å². The molecule has 0 amide bonds. The molecule has 4 aliphatic heterocycles. The largest absolute Gasteiger partial charge is 0.481 e. The first-order valence-electron chi connectivity index (χ1n) is 15.9. The minimum Gasteiger partial charge on any atom is -0.481 e. The fourth-order valence-electron chi connectivity index (χ4n) is 6.00. The van der Waals surface area contributed by atoms with Crippen molar-refractivity contribution in [3.8, 4) is 0 Å². The average Bonchev–Trinajstić information content (AvgIpc) is 3.72. The molecule has 4 rings (SSSR count). The highest BCUT2D eigenvalue weighted by Gasteiger charge is 2.51. The summed E-state index contributed by atoms with van der Waals surface area (Å²) >= 11 is 0. The third kappa shape index (κ3) is 10.6. The van der Waals surface area contributed by atoms with Crippen LogP contribution in [0.4, 0.5) is 0 Å². The highest BCUT2D eigenvalue weighted by atomic mass is 16.7. The van der Waals surface area contributed by atoms with Gasteiger partial charge in [0, 0.05) is 38.2 Å². The summed E-state index contributed by atoms with van der Waals surface area (Å²) in [6.45, 7) is 3.34. The number of hydrogen-bond donors (Lipinski definition) is 7. The lowest BCUT2D eigenvalue weighted by molar-refractivity contribution is -0.308. The maximum absolute atomic E-state index is 12.3. The number of carboxylic acids is 1. The summed E-state index contributed by atoms with van der Waals surface area (Å²) < 4.78 is 28.5. The number of aliphatic carboxylic acids is 1. The third-order valence-corrected chi connectivity index (χ3v) is 8.58. The molecule has 0 aromatic carbocycles. The summed E-state index contributed by atoms with van der Waals surface area (Å²) in [6.07, 6.45) is 5.25. The van der Waals surface area contributed by atoms with E-state index in [-0.39, 0.29) is 25.4 Å². The lowest BCUT2D eigenvalue weighted by Crippen LogP contribution is -2.61. The van der Waals surface area contributed by atoms with Crippen LogP contribution >= 0.6 is 0 Å². The maximum atomic E-state index is 12.3. The molecule has 262 valence electrons. The van der Waals surface area contributed by atoms with Crippen molar-refractivity contribution >= 4 is 11.9 Å². The van der Waals surface area contributed by atoms with E-state index in [2.05, 4.69) is 0 Å². The molecule has 3 saturated heterocycles. The first-order valence-corrected chi connectivity index (χ1v) is 15.9. The van der Waals surface area contributed by atoms with Gasteiger partial charge >= 0.3 is 11.9 Å². The van der Waals surface area contributed by atoms with E-state index in [1.165, 1.54) is 12.2 Å². The van der Waals surface area contributed by atoms with Crippen molar-refractivity contribution in [1.82, 2.24) is 0 Å². The van der Waals surface area contributed by atoms with Crippen LogP contribution in [0.3, 0.4) is 0 Å². The van der Waals surface area contributed by atoms with E-state index < -0.39 is 97.3 Å². The van der Waals surface area contributed by atoms with Crippen molar-refractivity contribution in [3.63, 3.8) is 0 Å². The Morgan fingerprint density at radius 3 is 2.36 bits per heavy atom. The van der Waals surface area contributed by atoms with Crippen molar-refractivity contribution in [2.45, 2.75) is 125 Å². The molecular weight excluding hydrogens is 618 g/mol. The number of allylic oxidation sites excluding steroid dienone is 6. The van der Waals surface area contributed by atoms with Gasteiger partial charge in [-0.05, 0) is 19.9 Å². The molecule has 3 fully saturated rings. The summed E-state index contributed by atoms with van der Waals surface area (Å²) in [5, 5.41) is 63.9. The van der Waals surface area contributed by atoms with Crippen LogP contribution in [0.25, 0.3) is 0 Å². The van der Waals surface area contributed by atoms with Crippen LogP contribution in [0.2, 0.25) is 0 Å². The highest BCUT2D eigenvalue weighted by Crippen LogP contribution is 2.39. The van der Waals surface area contributed by atoms with Crippen LogP contribution in [-0.4, -0.2) is 122 Å². The normalized spacial score (nSPS) is 47.2. The molecule has 0 aromatic heterocycles. The molecule has 14 unspecified atom stereocenters. The predicted molar refractivity (Wildman–Crippen MR) is 165 cm³/mol. The van der Waals surface area contributed by atoms with E-state index in [4.69, 9.17) is 29.4 Å². The van der Waals surface area contributed by atoms with E-state index in [9.17, 15) is 40.2 Å². The molecule has 8 N–H and O–H groups in total. The summed E-state index contributed by atoms with van der Waals surface area (Å²) in [6, 6.07) is -1.08. The first-order chi connectivity index (χ1) is 22.3. The van der Waals surface area contributed by atoms with Crippen LogP contribution in [0.15, 0.2) is 60.8 Å². The molecule has 0 radical (unpaired) electrons. The second-order valence-electron chi connectivity index (χ2n) is 12.6. The average molecular weight is 666 g/mol.